The molecular weight excluding hydrogens is 929 g/mol. The van der Waals surface area contributed by atoms with E-state index in [1.807, 2.05) is 41.5 Å². The molecule has 0 bridgehead atoms. The molecule has 0 unspecified atom stereocenters. The fourth-order valence-corrected chi connectivity index (χ4v) is 6.59. The lowest BCUT2D eigenvalue weighted by atomic mass is 9.88. The lowest BCUT2D eigenvalue weighted by Gasteiger charge is -2.18. The molecule has 4 aromatic carbocycles. The summed E-state index contributed by atoms with van der Waals surface area (Å²) in [6.45, 7) is 11.3. The quantitative estimate of drug-likeness (QED) is 0.0387. The number of halogens is 2. The van der Waals surface area contributed by atoms with Crippen LogP contribution in [0.25, 0.3) is 0 Å². The van der Waals surface area contributed by atoms with E-state index >= 15 is 0 Å². The van der Waals surface area contributed by atoms with E-state index in [2.05, 4.69) is 0 Å². The fourth-order valence-electron chi connectivity index (χ4n) is 6.59. The van der Waals surface area contributed by atoms with Crippen LogP contribution in [0.1, 0.15) is 136 Å². The Kier molecular flexibility index (Phi) is 20.5. The minimum absolute atomic E-state index is 0.0304. The molecule has 0 atom stereocenters. The van der Waals surface area contributed by atoms with Gasteiger partial charge in [0.15, 0.2) is 17.3 Å². The van der Waals surface area contributed by atoms with Crippen molar-refractivity contribution < 1.29 is 81.8 Å². The molecule has 1 heterocycles. The number of imide groups is 1. The van der Waals surface area contributed by atoms with Gasteiger partial charge < -0.3 is 29.9 Å². The molecule has 0 aromatic heterocycles. The van der Waals surface area contributed by atoms with Crippen molar-refractivity contribution in [3.63, 3.8) is 0 Å². The number of aliphatic carboxylic acids is 3. The van der Waals surface area contributed by atoms with Gasteiger partial charge in [0, 0.05) is 54.0 Å². The molecule has 4 N–H and O–H groups in total. The highest BCUT2D eigenvalue weighted by Gasteiger charge is 2.36. The normalized spacial score (nSPS) is 12.7. The van der Waals surface area contributed by atoms with Gasteiger partial charge in [-0.05, 0) is 84.0 Å². The SMILES string of the molecule is CC(=O)O.CC(C)(C)CC(=O)c1ccc(OC/C(CCC(=O)c2ccccc2C(=O)O)=C(/F)C(=O)O)cc1.CC(C)(C)CC(=O)c1ccc(OC/C(CN2C(=O)c3ccccc3C2=O)=C(/F)C(=O)O)cc1. The number of amides is 2. The first-order chi connectivity index (χ1) is 33.1. The maximum absolute atomic E-state index is 14.4. The third-order valence-electron chi connectivity index (χ3n) is 9.90. The highest BCUT2D eigenvalue weighted by atomic mass is 19.1. The zero-order valence-electron chi connectivity index (χ0n) is 40.2. The second-order valence-electron chi connectivity index (χ2n) is 18.4. The Labute approximate surface area is 408 Å². The molecule has 0 aliphatic carbocycles. The number of rotatable bonds is 19. The van der Waals surface area contributed by atoms with Crippen LogP contribution in [-0.4, -0.2) is 98.1 Å². The summed E-state index contributed by atoms with van der Waals surface area (Å²) in [5, 5.41) is 34.8. The van der Waals surface area contributed by atoms with Crippen LogP contribution in [0.4, 0.5) is 8.78 Å². The van der Waals surface area contributed by atoms with Gasteiger partial charge in [-0.3, -0.25) is 33.7 Å². The van der Waals surface area contributed by atoms with E-state index in [0.29, 0.717) is 29.7 Å². The van der Waals surface area contributed by atoms with E-state index in [-0.39, 0.29) is 74.4 Å². The average Bonchev–Trinajstić information content (AvgIpc) is 3.53. The number of hydrogen-bond donors (Lipinski definition) is 4. The van der Waals surface area contributed by atoms with Crippen LogP contribution >= 0.6 is 0 Å². The molecule has 0 saturated heterocycles. The number of benzene rings is 4. The first-order valence-corrected chi connectivity index (χ1v) is 21.8. The highest BCUT2D eigenvalue weighted by molar-refractivity contribution is 6.21. The number of hydrogen-bond acceptors (Lipinski definition) is 11. The number of nitrogens with zero attached hydrogens (tertiary/aromatic N) is 1. The Morgan fingerprint density at radius 3 is 1.27 bits per heavy atom. The summed E-state index contributed by atoms with van der Waals surface area (Å²) < 4.78 is 39.6. The molecule has 0 saturated carbocycles. The zero-order chi connectivity index (χ0) is 53.4. The standard InChI is InChI=1S/C26H27FO7.C25H24FNO6.C2H4O2/c1-26(2,3)14-22(29)16-8-11-18(12-9-16)34-15-17(23(27)25(32)33)10-13-21(28)19-6-4-5-7-20(19)24(30)31;1-25(2,3)12-20(28)15-8-10-17(11-9-15)33-14-16(21(26)24(31)32)13-27-22(29)18-6-4-5-7-19(18)23(27)30;1-2(3)4/h4-9,11-12H,10,13-15H2,1-3H3,(H,30,31)(H,32,33);4-11H,12-14H2,1-3H3,(H,31,32);1H3,(H,3,4)/b23-17+;21-16+;. The minimum Gasteiger partial charge on any atom is -0.489 e. The van der Waals surface area contributed by atoms with Crippen molar-refractivity contribution in [2.45, 2.75) is 74.1 Å². The van der Waals surface area contributed by atoms with Crippen LogP contribution in [0, 0.1) is 10.8 Å². The summed E-state index contributed by atoms with van der Waals surface area (Å²) >= 11 is 0. The summed E-state index contributed by atoms with van der Waals surface area (Å²) in [5.74, 6) is -9.96. The Morgan fingerprint density at radius 2 is 0.887 bits per heavy atom. The van der Waals surface area contributed by atoms with Crippen LogP contribution in [-0.2, 0) is 14.4 Å². The first-order valence-electron chi connectivity index (χ1n) is 21.8. The van der Waals surface area contributed by atoms with Gasteiger partial charge in [0.2, 0.25) is 11.7 Å². The smallest absolute Gasteiger partial charge is 0.364 e. The molecule has 0 spiro atoms. The Hall–Kier alpha value is -8.15. The molecule has 4 aromatic rings. The maximum atomic E-state index is 14.4. The van der Waals surface area contributed by atoms with E-state index in [4.69, 9.17) is 29.6 Å². The number of carboxylic acids is 4. The zero-order valence-corrected chi connectivity index (χ0v) is 40.2. The Bertz CT molecular complexity index is 2690. The molecule has 18 heteroatoms. The van der Waals surface area contributed by atoms with Gasteiger partial charge in [-0.25, -0.2) is 14.4 Å². The van der Waals surface area contributed by atoms with Crippen molar-refractivity contribution in [2.24, 2.45) is 10.8 Å². The van der Waals surface area contributed by atoms with Gasteiger partial charge in [0.1, 0.15) is 24.7 Å². The second kappa shape index (κ2) is 25.5. The second-order valence-corrected chi connectivity index (χ2v) is 18.4. The van der Waals surface area contributed by atoms with Gasteiger partial charge in [-0.15, -0.1) is 0 Å². The summed E-state index contributed by atoms with van der Waals surface area (Å²) in [5.41, 5.74) is 0.172. The lowest BCUT2D eigenvalue weighted by molar-refractivity contribution is -0.135. The molecule has 71 heavy (non-hydrogen) atoms. The minimum atomic E-state index is -1.83. The van der Waals surface area contributed by atoms with E-state index in [1.165, 1.54) is 60.7 Å². The molecule has 16 nitrogen and oxygen atoms in total. The van der Waals surface area contributed by atoms with E-state index < -0.39 is 72.9 Å². The van der Waals surface area contributed by atoms with Gasteiger partial charge in [-0.2, -0.15) is 8.78 Å². The summed E-state index contributed by atoms with van der Waals surface area (Å²) in [7, 11) is 0. The number of ether oxygens (including phenoxy) is 2. The number of carbonyl (C=O) groups is 9. The van der Waals surface area contributed by atoms with Crippen molar-refractivity contribution in [1.29, 1.82) is 0 Å². The molecule has 1 aliphatic rings. The van der Waals surface area contributed by atoms with Gasteiger partial charge >= 0.3 is 17.9 Å². The Balaban J connectivity index is 0.000000349. The van der Waals surface area contributed by atoms with Crippen LogP contribution in [0.15, 0.2) is 120 Å². The molecule has 0 fully saturated rings. The van der Waals surface area contributed by atoms with Crippen LogP contribution in [0.2, 0.25) is 0 Å². The number of ketones is 3. The monoisotopic (exact) mass is 983 g/mol. The Morgan fingerprint density at radius 1 is 0.521 bits per heavy atom. The number of Topliss-reactive ketones (excluding diaryl/α,β-unsaturated/α-hetero) is 3. The average molecular weight is 984 g/mol. The van der Waals surface area contributed by atoms with Crippen LogP contribution in [0.3, 0.4) is 0 Å². The lowest BCUT2D eigenvalue weighted by Crippen LogP contribution is -2.33. The van der Waals surface area contributed by atoms with E-state index in [1.54, 1.807) is 36.4 Å². The summed E-state index contributed by atoms with van der Waals surface area (Å²) in [6, 6.07) is 24.2. The molecular formula is C53H55F2NO15. The van der Waals surface area contributed by atoms with Gasteiger partial charge in [0.05, 0.1) is 23.2 Å². The van der Waals surface area contributed by atoms with Crippen molar-refractivity contribution in [3.8, 4) is 11.5 Å². The predicted molar refractivity (Wildman–Crippen MR) is 254 cm³/mol. The van der Waals surface area contributed by atoms with E-state index in [0.717, 1.165) is 11.8 Å². The summed E-state index contributed by atoms with van der Waals surface area (Å²) in [6.07, 6.45) is 0.157. The largest absolute Gasteiger partial charge is 0.489 e. The number of carbonyl (C=O) groups excluding carboxylic acids is 5. The molecule has 376 valence electrons. The molecule has 0 radical (unpaired) electrons. The maximum Gasteiger partial charge on any atom is 0.364 e. The number of carboxylic acid groups (broad SMARTS) is 4. The molecule has 5 rings (SSSR count). The summed E-state index contributed by atoms with van der Waals surface area (Å²) in [4.78, 5) is 106. The first kappa shape index (κ1) is 57.2. The van der Waals surface area contributed by atoms with Crippen molar-refractivity contribution in [2.75, 3.05) is 19.8 Å². The van der Waals surface area contributed by atoms with Gasteiger partial charge in [-0.1, -0.05) is 71.9 Å². The number of fused-ring (bicyclic) bond motifs is 1. The molecule has 1 aliphatic heterocycles. The predicted octanol–water partition coefficient (Wildman–Crippen LogP) is 9.73. The third-order valence-corrected chi connectivity index (χ3v) is 9.90. The third kappa shape index (κ3) is 18.0. The highest BCUT2D eigenvalue weighted by Crippen LogP contribution is 2.27. The van der Waals surface area contributed by atoms with Crippen molar-refractivity contribution in [1.82, 2.24) is 4.90 Å². The fraction of sp³-hybridized carbons (Fsp3) is 0.302. The van der Waals surface area contributed by atoms with Crippen molar-refractivity contribution >= 4 is 53.0 Å². The van der Waals surface area contributed by atoms with Crippen LogP contribution < -0.4 is 9.47 Å². The number of aromatic carboxylic acids is 1. The molecule has 2 amide bonds. The van der Waals surface area contributed by atoms with Crippen molar-refractivity contribution in [3.05, 3.63) is 153 Å². The van der Waals surface area contributed by atoms with Gasteiger partial charge in [0.25, 0.3) is 17.8 Å². The van der Waals surface area contributed by atoms with Crippen LogP contribution in [0.5, 0.6) is 11.5 Å². The van der Waals surface area contributed by atoms with E-state index in [9.17, 15) is 52.2 Å². The topological polar surface area (TPSA) is 256 Å².